The summed E-state index contributed by atoms with van der Waals surface area (Å²) in [5, 5.41) is 5.25. The zero-order chi connectivity index (χ0) is 12.7. The van der Waals surface area contributed by atoms with Gasteiger partial charge < -0.3 is 4.98 Å². The van der Waals surface area contributed by atoms with Crippen LogP contribution in [0.1, 0.15) is 11.1 Å². The molecule has 0 spiro atoms. The minimum Gasteiger partial charge on any atom is -0.330 e. The first-order valence-corrected chi connectivity index (χ1v) is 6.06. The normalized spacial score (nSPS) is 11.0. The van der Waals surface area contributed by atoms with Gasteiger partial charge in [0.05, 0.1) is 23.6 Å². The van der Waals surface area contributed by atoms with Crippen molar-refractivity contribution in [3.8, 4) is 5.69 Å². The summed E-state index contributed by atoms with van der Waals surface area (Å²) >= 11 is 5.18. The molecule has 0 radical (unpaired) electrons. The molecule has 2 heterocycles. The fourth-order valence-electron chi connectivity index (χ4n) is 2.13. The molecule has 1 N–H and O–H groups in total. The number of aromatic nitrogens is 4. The second kappa shape index (κ2) is 4.03. The highest BCUT2D eigenvalue weighted by molar-refractivity contribution is 7.71. The Labute approximate surface area is 109 Å². The molecule has 3 rings (SSSR count). The van der Waals surface area contributed by atoms with E-state index in [1.165, 1.54) is 11.1 Å². The second-order valence-corrected chi connectivity index (χ2v) is 4.76. The van der Waals surface area contributed by atoms with Crippen molar-refractivity contribution in [2.45, 2.75) is 13.8 Å². The lowest BCUT2D eigenvalue weighted by Gasteiger charge is -2.06. The number of nitrogens with one attached hydrogen (secondary N) is 1. The maximum absolute atomic E-state index is 5.18. The smallest absolute Gasteiger partial charge is 0.145 e. The average Bonchev–Trinajstić information content (AvgIpc) is 2.73. The van der Waals surface area contributed by atoms with Gasteiger partial charge in [0, 0.05) is 0 Å². The van der Waals surface area contributed by atoms with Crippen LogP contribution in [0.5, 0.6) is 0 Å². The van der Waals surface area contributed by atoms with Gasteiger partial charge in [-0.05, 0) is 37.1 Å². The van der Waals surface area contributed by atoms with Gasteiger partial charge in [-0.1, -0.05) is 18.3 Å². The van der Waals surface area contributed by atoms with Crippen LogP contribution in [-0.2, 0) is 0 Å². The molecule has 18 heavy (non-hydrogen) atoms. The van der Waals surface area contributed by atoms with Gasteiger partial charge >= 0.3 is 0 Å². The highest BCUT2D eigenvalue weighted by Crippen LogP contribution is 2.18. The SMILES string of the molecule is Cc1cc(C)cc(-n2ncc3c(=S)nc[nH]c32)c1. The number of hydrogen-bond donors (Lipinski definition) is 1. The first kappa shape index (κ1) is 11.1. The molecule has 4 nitrogen and oxygen atoms in total. The molecule has 0 aliphatic carbocycles. The summed E-state index contributed by atoms with van der Waals surface area (Å²) in [6.07, 6.45) is 3.35. The van der Waals surface area contributed by atoms with Crippen LogP contribution in [0.25, 0.3) is 16.7 Å². The van der Waals surface area contributed by atoms with Crippen molar-refractivity contribution in [1.29, 1.82) is 0 Å². The van der Waals surface area contributed by atoms with Crippen LogP contribution >= 0.6 is 12.2 Å². The molecule has 0 saturated heterocycles. The highest BCUT2D eigenvalue weighted by atomic mass is 32.1. The Hall–Kier alpha value is -2.01. The van der Waals surface area contributed by atoms with Gasteiger partial charge in [-0.25, -0.2) is 9.67 Å². The van der Waals surface area contributed by atoms with E-state index in [1.54, 1.807) is 12.5 Å². The Morgan fingerprint density at radius 1 is 1.17 bits per heavy atom. The van der Waals surface area contributed by atoms with Gasteiger partial charge in [-0.15, -0.1) is 0 Å². The number of fused-ring (bicyclic) bond motifs is 1. The molecular weight excluding hydrogens is 244 g/mol. The minimum absolute atomic E-state index is 0.569. The summed E-state index contributed by atoms with van der Waals surface area (Å²) in [6, 6.07) is 6.33. The van der Waals surface area contributed by atoms with Gasteiger partial charge in [-0.3, -0.25) is 0 Å². The van der Waals surface area contributed by atoms with Crippen LogP contribution in [0.4, 0.5) is 0 Å². The molecule has 0 unspecified atom stereocenters. The van der Waals surface area contributed by atoms with Crippen LogP contribution in [0.15, 0.2) is 30.7 Å². The number of aromatic amines is 1. The van der Waals surface area contributed by atoms with E-state index in [0.717, 1.165) is 16.7 Å². The fraction of sp³-hybridized carbons (Fsp3) is 0.154. The third kappa shape index (κ3) is 1.73. The maximum Gasteiger partial charge on any atom is 0.145 e. The standard InChI is InChI=1S/C13H12N4S/c1-8-3-9(2)5-10(4-8)17-12-11(6-16-17)13(18)15-7-14-12/h3-7H,1-2H3,(H,14,15,18). The summed E-state index contributed by atoms with van der Waals surface area (Å²) in [5.41, 5.74) is 4.32. The lowest BCUT2D eigenvalue weighted by molar-refractivity contribution is 0.892. The van der Waals surface area contributed by atoms with E-state index in [1.807, 2.05) is 4.68 Å². The van der Waals surface area contributed by atoms with Crippen molar-refractivity contribution in [2.75, 3.05) is 0 Å². The van der Waals surface area contributed by atoms with Gasteiger partial charge in [0.1, 0.15) is 10.3 Å². The number of benzene rings is 1. The summed E-state index contributed by atoms with van der Waals surface area (Å²) in [5.74, 6) is 0. The van der Waals surface area contributed by atoms with Gasteiger partial charge in [0.25, 0.3) is 0 Å². The first-order chi connectivity index (χ1) is 8.65. The van der Waals surface area contributed by atoms with Crippen molar-refractivity contribution in [1.82, 2.24) is 19.7 Å². The summed E-state index contributed by atoms with van der Waals surface area (Å²) in [6.45, 7) is 4.15. The Balaban J connectivity index is 2.32. The minimum atomic E-state index is 0.569. The molecule has 1 aromatic carbocycles. The monoisotopic (exact) mass is 256 g/mol. The van der Waals surface area contributed by atoms with Crippen molar-refractivity contribution >= 4 is 23.3 Å². The largest absolute Gasteiger partial charge is 0.330 e. The topological polar surface area (TPSA) is 46.5 Å². The zero-order valence-electron chi connectivity index (χ0n) is 10.1. The van der Waals surface area contributed by atoms with Gasteiger partial charge in [0.15, 0.2) is 0 Å². The van der Waals surface area contributed by atoms with Crippen LogP contribution in [0.2, 0.25) is 0 Å². The first-order valence-electron chi connectivity index (χ1n) is 5.65. The predicted molar refractivity (Wildman–Crippen MR) is 73.5 cm³/mol. The molecule has 2 aromatic heterocycles. The quantitative estimate of drug-likeness (QED) is 0.680. The number of rotatable bonds is 1. The molecule has 0 aliphatic heterocycles. The maximum atomic E-state index is 5.18. The molecule has 5 heteroatoms. The summed E-state index contributed by atoms with van der Waals surface area (Å²) in [4.78, 5) is 7.16. The van der Waals surface area contributed by atoms with Gasteiger partial charge in [-0.2, -0.15) is 5.10 Å². The van der Waals surface area contributed by atoms with Crippen molar-refractivity contribution < 1.29 is 0 Å². The second-order valence-electron chi connectivity index (χ2n) is 4.37. The van der Waals surface area contributed by atoms with Crippen molar-refractivity contribution in [2.24, 2.45) is 0 Å². The Kier molecular flexibility index (Phi) is 2.48. The zero-order valence-corrected chi connectivity index (χ0v) is 11.0. The Bertz CT molecular complexity index is 765. The number of H-pyrrole nitrogens is 1. The highest BCUT2D eigenvalue weighted by Gasteiger charge is 2.07. The van der Waals surface area contributed by atoms with E-state index in [2.05, 4.69) is 47.1 Å². The van der Waals surface area contributed by atoms with E-state index >= 15 is 0 Å². The average molecular weight is 256 g/mol. The summed E-state index contributed by atoms with van der Waals surface area (Å²) < 4.78 is 2.42. The van der Waals surface area contributed by atoms with Crippen molar-refractivity contribution in [3.63, 3.8) is 0 Å². The van der Waals surface area contributed by atoms with E-state index in [0.29, 0.717) is 4.64 Å². The van der Waals surface area contributed by atoms with Crippen LogP contribution < -0.4 is 0 Å². The lowest BCUT2D eigenvalue weighted by atomic mass is 10.1. The van der Waals surface area contributed by atoms with E-state index < -0.39 is 0 Å². The number of nitrogens with zero attached hydrogens (tertiary/aromatic N) is 3. The fourth-order valence-corrected chi connectivity index (χ4v) is 2.34. The molecule has 90 valence electrons. The third-order valence-corrected chi connectivity index (χ3v) is 3.16. The van der Waals surface area contributed by atoms with Crippen LogP contribution in [0.3, 0.4) is 0 Å². The Morgan fingerprint density at radius 2 is 1.89 bits per heavy atom. The Morgan fingerprint density at radius 3 is 2.61 bits per heavy atom. The van der Waals surface area contributed by atoms with Gasteiger partial charge in [0.2, 0.25) is 0 Å². The van der Waals surface area contributed by atoms with E-state index in [-0.39, 0.29) is 0 Å². The number of aryl methyl sites for hydroxylation is 2. The molecule has 3 aromatic rings. The van der Waals surface area contributed by atoms with E-state index in [9.17, 15) is 0 Å². The molecule has 0 fully saturated rings. The number of hydrogen-bond acceptors (Lipinski definition) is 3. The predicted octanol–water partition coefficient (Wildman–Crippen LogP) is 3.09. The molecule has 0 atom stereocenters. The molecule has 0 amide bonds. The molecule has 0 bridgehead atoms. The molecule has 0 saturated carbocycles. The van der Waals surface area contributed by atoms with E-state index in [4.69, 9.17) is 12.2 Å². The van der Waals surface area contributed by atoms with Crippen LogP contribution in [0, 0.1) is 18.5 Å². The molecule has 0 aliphatic rings. The van der Waals surface area contributed by atoms with Crippen LogP contribution in [-0.4, -0.2) is 19.7 Å². The third-order valence-electron chi connectivity index (χ3n) is 2.83. The van der Waals surface area contributed by atoms with Crippen molar-refractivity contribution in [3.05, 3.63) is 46.5 Å². The molecular formula is C13H12N4S. The summed E-state index contributed by atoms with van der Waals surface area (Å²) in [7, 11) is 0. The lowest BCUT2D eigenvalue weighted by Crippen LogP contribution is -1.98.